The number of rotatable bonds is 5. The summed E-state index contributed by atoms with van der Waals surface area (Å²) in [6.07, 6.45) is 8.83. The largest absolute Gasteiger partial charge is 0.313 e. The third-order valence-corrected chi connectivity index (χ3v) is 12.1. The van der Waals surface area contributed by atoms with Crippen LogP contribution in [0.3, 0.4) is 0 Å². The molecule has 3 heterocycles. The van der Waals surface area contributed by atoms with Crippen molar-refractivity contribution in [3.63, 3.8) is 0 Å². The Morgan fingerprint density at radius 1 is 0.316 bits per heavy atom. The highest BCUT2D eigenvalue weighted by molar-refractivity contribution is 6.15. The summed E-state index contributed by atoms with van der Waals surface area (Å²) in [5, 5.41) is 7.60. The Hall–Kier alpha value is -7.36. The van der Waals surface area contributed by atoms with Crippen molar-refractivity contribution in [2.24, 2.45) is 0 Å². The van der Waals surface area contributed by atoms with E-state index in [2.05, 4.69) is 214 Å². The first-order chi connectivity index (χ1) is 28.3. The zero-order valence-corrected chi connectivity index (χ0v) is 31.3. The minimum atomic E-state index is 1.02. The van der Waals surface area contributed by atoms with Crippen LogP contribution in [-0.2, 0) is 0 Å². The summed E-state index contributed by atoms with van der Waals surface area (Å²) >= 11 is 0. The molecule has 0 N–H and O–H groups in total. The van der Waals surface area contributed by atoms with Crippen LogP contribution in [0.4, 0.5) is 0 Å². The zero-order valence-electron chi connectivity index (χ0n) is 31.3. The number of para-hydroxylation sites is 4. The Kier molecular flexibility index (Phi) is 7.05. The van der Waals surface area contributed by atoms with Gasteiger partial charge in [-0.2, -0.15) is 0 Å². The first kappa shape index (κ1) is 31.9. The summed E-state index contributed by atoms with van der Waals surface area (Å²) in [5.41, 5.74) is 15.9. The van der Waals surface area contributed by atoms with Crippen LogP contribution in [0.1, 0.15) is 12.8 Å². The molecule has 3 aromatic heterocycles. The molecule has 0 amide bonds. The van der Waals surface area contributed by atoms with Crippen molar-refractivity contribution in [2.75, 3.05) is 0 Å². The van der Waals surface area contributed by atoms with Gasteiger partial charge in [-0.05, 0) is 126 Å². The van der Waals surface area contributed by atoms with Gasteiger partial charge in [0.15, 0.2) is 0 Å². The zero-order chi connectivity index (χ0) is 37.5. The first-order valence-electron chi connectivity index (χ1n) is 19.9. The van der Waals surface area contributed by atoms with Gasteiger partial charge in [0.2, 0.25) is 0 Å². The van der Waals surface area contributed by atoms with Crippen molar-refractivity contribution >= 4 is 71.1 Å². The normalized spacial score (nSPS) is 13.2. The second-order valence-electron chi connectivity index (χ2n) is 15.3. The summed E-state index contributed by atoms with van der Waals surface area (Å²) in [7, 11) is 0. The Labute approximate surface area is 330 Å². The summed E-state index contributed by atoms with van der Waals surface area (Å²) in [6, 6.07) is 67.0. The molecule has 0 radical (unpaired) electrons. The van der Waals surface area contributed by atoms with Gasteiger partial charge in [-0.25, -0.2) is 0 Å². The molecule has 0 bridgehead atoms. The molecule has 0 fully saturated rings. The van der Waals surface area contributed by atoms with Crippen molar-refractivity contribution < 1.29 is 0 Å². The van der Waals surface area contributed by atoms with Crippen LogP contribution in [-0.4, -0.2) is 13.7 Å². The number of benzene rings is 8. The van der Waals surface area contributed by atoms with E-state index in [-0.39, 0.29) is 0 Å². The molecule has 0 saturated heterocycles. The van der Waals surface area contributed by atoms with Crippen LogP contribution in [0, 0.1) is 0 Å². The molecule has 0 atom stereocenters. The summed E-state index contributed by atoms with van der Waals surface area (Å²) < 4.78 is 7.26. The SMILES string of the molecule is C1=CCCC(n2c3ccc(-c4ccc5c(c4)c4ccccc4n5-c4ccccc4)cc3c3cc(-c4ccc5c(c4)c4ccccc4n5-c4ccccc4)ccc32)=C1. The number of hydrogen-bond donors (Lipinski definition) is 0. The molecule has 0 unspecified atom stereocenters. The molecule has 8 aromatic carbocycles. The van der Waals surface area contributed by atoms with Gasteiger partial charge in [0.1, 0.15) is 0 Å². The highest BCUT2D eigenvalue weighted by Crippen LogP contribution is 2.41. The molecule has 1 aliphatic carbocycles. The number of aromatic nitrogens is 3. The molecule has 12 rings (SSSR count). The molecule has 268 valence electrons. The van der Waals surface area contributed by atoms with Crippen LogP contribution >= 0.6 is 0 Å². The predicted octanol–water partition coefficient (Wildman–Crippen LogP) is 14.5. The van der Waals surface area contributed by atoms with E-state index < -0.39 is 0 Å². The Morgan fingerprint density at radius 3 is 1.11 bits per heavy atom. The van der Waals surface area contributed by atoms with E-state index in [4.69, 9.17) is 0 Å². The molecule has 11 aromatic rings. The smallest absolute Gasteiger partial charge is 0.0541 e. The first-order valence-corrected chi connectivity index (χ1v) is 19.9. The maximum Gasteiger partial charge on any atom is 0.0541 e. The Bertz CT molecular complexity index is 3230. The number of nitrogens with zero attached hydrogens (tertiary/aromatic N) is 3. The Morgan fingerprint density at radius 2 is 0.684 bits per heavy atom. The van der Waals surface area contributed by atoms with Gasteiger partial charge in [0.05, 0.1) is 33.1 Å². The lowest BCUT2D eigenvalue weighted by molar-refractivity contribution is 0.979. The second-order valence-corrected chi connectivity index (χ2v) is 15.3. The van der Waals surface area contributed by atoms with E-state index in [9.17, 15) is 0 Å². The summed E-state index contributed by atoms with van der Waals surface area (Å²) in [4.78, 5) is 0. The van der Waals surface area contributed by atoms with Crippen molar-refractivity contribution in [1.29, 1.82) is 0 Å². The predicted molar refractivity (Wildman–Crippen MR) is 242 cm³/mol. The maximum absolute atomic E-state index is 2.50. The van der Waals surface area contributed by atoms with E-state index in [0.29, 0.717) is 0 Å². The van der Waals surface area contributed by atoms with E-state index in [0.717, 1.165) is 12.8 Å². The third kappa shape index (κ3) is 4.92. The topological polar surface area (TPSA) is 14.8 Å². The van der Waals surface area contributed by atoms with Crippen LogP contribution in [0.2, 0.25) is 0 Å². The van der Waals surface area contributed by atoms with Gasteiger partial charge in [-0.3, -0.25) is 0 Å². The molecular weight excluding hydrogens is 691 g/mol. The lowest BCUT2D eigenvalue weighted by Gasteiger charge is -2.14. The highest BCUT2D eigenvalue weighted by atomic mass is 15.0. The van der Waals surface area contributed by atoms with Crippen LogP contribution in [0.15, 0.2) is 200 Å². The molecule has 3 heteroatoms. The van der Waals surface area contributed by atoms with Crippen molar-refractivity contribution in [2.45, 2.75) is 12.8 Å². The van der Waals surface area contributed by atoms with Gasteiger partial charge < -0.3 is 13.7 Å². The maximum atomic E-state index is 2.50. The quantitative estimate of drug-likeness (QED) is 0.168. The molecule has 0 saturated carbocycles. The van der Waals surface area contributed by atoms with Crippen molar-refractivity contribution in [1.82, 2.24) is 13.7 Å². The molecule has 1 aliphatic rings. The van der Waals surface area contributed by atoms with Gasteiger partial charge in [0.25, 0.3) is 0 Å². The minimum Gasteiger partial charge on any atom is -0.313 e. The van der Waals surface area contributed by atoms with Gasteiger partial charge in [0, 0.05) is 49.4 Å². The fourth-order valence-electron chi connectivity index (χ4n) is 9.48. The third-order valence-electron chi connectivity index (χ3n) is 12.1. The van der Waals surface area contributed by atoms with Crippen LogP contribution < -0.4 is 0 Å². The van der Waals surface area contributed by atoms with Gasteiger partial charge >= 0.3 is 0 Å². The van der Waals surface area contributed by atoms with Crippen molar-refractivity contribution in [3.8, 4) is 33.6 Å². The van der Waals surface area contributed by atoms with E-state index >= 15 is 0 Å². The minimum absolute atomic E-state index is 1.02. The number of allylic oxidation sites excluding steroid dienone is 4. The summed E-state index contributed by atoms with van der Waals surface area (Å²) in [5.74, 6) is 0. The highest BCUT2D eigenvalue weighted by Gasteiger charge is 2.19. The monoisotopic (exact) mass is 727 g/mol. The lowest BCUT2D eigenvalue weighted by atomic mass is 9.98. The standard InChI is InChI=1S/C54H37N3/c1-4-14-40(15-5-1)55-49-22-12-10-20-43(49)45-32-36(24-28-51(45)55)38-26-30-53-47(34-38)48-35-39(27-31-54(48)57(53)42-18-8-3-9-19-42)37-25-29-52-46(33-37)44-21-11-13-23-50(44)56(52)41-16-6-2-7-17-41/h1-8,10-18,20-35H,9,19H2. The molecule has 57 heavy (non-hydrogen) atoms. The molecule has 0 aliphatic heterocycles. The van der Waals surface area contributed by atoms with Gasteiger partial charge in [-0.15, -0.1) is 0 Å². The van der Waals surface area contributed by atoms with E-state index in [1.54, 1.807) is 0 Å². The van der Waals surface area contributed by atoms with Gasteiger partial charge in [-0.1, -0.05) is 109 Å². The van der Waals surface area contributed by atoms with E-state index in [1.165, 1.54) is 105 Å². The molecule has 3 nitrogen and oxygen atoms in total. The number of fused-ring (bicyclic) bond motifs is 9. The Balaban J connectivity index is 1.05. The van der Waals surface area contributed by atoms with Crippen LogP contribution in [0.25, 0.3) is 105 Å². The fourth-order valence-corrected chi connectivity index (χ4v) is 9.48. The summed E-state index contributed by atoms with van der Waals surface area (Å²) in [6.45, 7) is 0. The average Bonchev–Trinajstić information content (AvgIpc) is 3.92. The van der Waals surface area contributed by atoms with Crippen molar-refractivity contribution in [3.05, 3.63) is 200 Å². The second kappa shape index (κ2) is 12.6. The molecular formula is C54H37N3. The number of hydrogen-bond acceptors (Lipinski definition) is 0. The molecule has 0 spiro atoms. The fraction of sp³-hybridized carbons (Fsp3) is 0.0370. The van der Waals surface area contributed by atoms with Crippen LogP contribution in [0.5, 0.6) is 0 Å². The lowest BCUT2D eigenvalue weighted by Crippen LogP contribution is -1.98. The average molecular weight is 728 g/mol. The van der Waals surface area contributed by atoms with E-state index in [1.807, 2.05) is 0 Å².